The average molecular weight is 283 g/mol. The van der Waals surface area contributed by atoms with Crippen molar-refractivity contribution in [1.29, 1.82) is 0 Å². The van der Waals surface area contributed by atoms with E-state index in [0.29, 0.717) is 6.04 Å². The largest absolute Gasteiger partial charge is 0.382 e. The van der Waals surface area contributed by atoms with Crippen LogP contribution >= 0.6 is 0 Å². The van der Waals surface area contributed by atoms with Crippen LogP contribution in [0.2, 0.25) is 0 Å². The van der Waals surface area contributed by atoms with E-state index >= 15 is 0 Å². The topological polar surface area (TPSA) is 27.7 Å². The third-order valence-corrected chi connectivity index (χ3v) is 4.76. The van der Waals surface area contributed by atoms with Gasteiger partial charge < -0.3 is 10.1 Å². The zero-order valence-electron chi connectivity index (χ0n) is 13.4. The summed E-state index contributed by atoms with van der Waals surface area (Å²) in [7, 11) is 0. The van der Waals surface area contributed by atoms with Gasteiger partial charge in [0.1, 0.15) is 0 Å². The molecule has 20 heavy (non-hydrogen) atoms. The molecule has 0 aromatic rings. The maximum Gasteiger partial charge on any atom is 0.0477 e. The molecule has 118 valence electrons. The van der Waals surface area contributed by atoms with Crippen LogP contribution in [0.5, 0.6) is 0 Å². The second kappa shape index (κ2) is 8.98. The fourth-order valence-corrected chi connectivity index (χ4v) is 3.46. The smallest absolute Gasteiger partial charge is 0.0477 e. The normalized spacial score (nSPS) is 26.4. The predicted octanol–water partition coefficient (Wildman–Crippen LogP) is 1.56. The van der Waals surface area contributed by atoms with E-state index in [1.165, 1.54) is 45.4 Å². The molecular weight excluding hydrogens is 250 g/mol. The number of rotatable bonds is 9. The van der Waals surface area contributed by atoms with Crippen LogP contribution in [0.25, 0.3) is 0 Å². The Balaban J connectivity index is 1.55. The lowest BCUT2D eigenvalue weighted by molar-refractivity contribution is 0.143. The van der Waals surface area contributed by atoms with Crippen LogP contribution in [0.4, 0.5) is 0 Å². The first kappa shape index (κ1) is 16.2. The Kier molecular flexibility index (Phi) is 7.28. The van der Waals surface area contributed by atoms with Gasteiger partial charge in [-0.25, -0.2) is 0 Å². The van der Waals surface area contributed by atoms with E-state index in [9.17, 15) is 0 Å². The quantitative estimate of drug-likeness (QED) is 0.650. The Morgan fingerprint density at radius 3 is 2.80 bits per heavy atom. The van der Waals surface area contributed by atoms with E-state index < -0.39 is 0 Å². The van der Waals surface area contributed by atoms with Crippen molar-refractivity contribution >= 4 is 0 Å². The van der Waals surface area contributed by atoms with Crippen molar-refractivity contribution in [3.63, 3.8) is 0 Å². The standard InChI is InChI=1S/C16H33N3O/c1-3-20-12-6-8-17-13-15(2)19-11-7-16(14-19)18-9-4-5-10-18/h15-17H,3-14H2,1-2H3. The van der Waals surface area contributed by atoms with Crippen LogP contribution in [0, 0.1) is 0 Å². The van der Waals surface area contributed by atoms with Gasteiger partial charge >= 0.3 is 0 Å². The first-order chi connectivity index (χ1) is 9.81. The van der Waals surface area contributed by atoms with Gasteiger partial charge in [-0.15, -0.1) is 0 Å². The summed E-state index contributed by atoms with van der Waals surface area (Å²) in [6.45, 7) is 13.6. The highest BCUT2D eigenvalue weighted by Gasteiger charge is 2.30. The van der Waals surface area contributed by atoms with Gasteiger partial charge in [0.15, 0.2) is 0 Å². The van der Waals surface area contributed by atoms with Gasteiger partial charge in [0.25, 0.3) is 0 Å². The molecule has 2 unspecified atom stereocenters. The second-order valence-electron chi connectivity index (χ2n) is 6.28. The molecule has 4 nitrogen and oxygen atoms in total. The minimum absolute atomic E-state index is 0.662. The summed E-state index contributed by atoms with van der Waals surface area (Å²) in [6, 6.07) is 1.49. The summed E-state index contributed by atoms with van der Waals surface area (Å²) < 4.78 is 5.36. The maximum atomic E-state index is 5.36. The summed E-state index contributed by atoms with van der Waals surface area (Å²) in [4.78, 5) is 5.38. The molecule has 2 heterocycles. The van der Waals surface area contributed by atoms with Crippen molar-refractivity contribution in [3.8, 4) is 0 Å². The van der Waals surface area contributed by atoms with Crippen molar-refractivity contribution in [1.82, 2.24) is 15.1 Å². The van der Waals surface area contributed by atoms with Crippen LogP contribution in [0.15, 0.2) is 0 Å². The van der Waals surface area contributed by atoms with Crippen molar-refractivity contribution in [2.24, 2.45) is 0 Å². The zero-order valence-corrected chi connectivity index (χ0v) is 13.4. The third kappa shape index (κ3) is 4.99. The van der Waals surface area contributed by atoms with Crippen LogP contribution in [-0.2, 0) is 4.74 Å². The highest BCUT2D eigenvalue weighted by molar-refractivity contribution is 4.88. The summed E-state index contributed by atoms with van der Waals surface area (Å²) in [5.41, 5.74) is 0. The molecule has 2 aliphatic rings. The summed E-state index contributed by atoms with van der Waals surface area (Å²) in [6.07, 6.45) is 5.31. The number of hydrogen-bond donors (Lipinski definition) is 1. The zero-order chi connectivity index (χ0) is 14.2. The molecule has 0 aromatic carbocycles. The van der Waals surface area contributed by atoms with Crippen molar-refractivity contribution in [2.75, 3.05) is 52.5 Å². The van der Waals surface area contributed by atoms with Gasteiger partial charge in [-0.1, -0.05) is 0 Å². The monoisotopic (exact) mass is 283 g/mol. The highest BCUT2D eigenvalue weighted by Crippen LogP contribution is 2.21. The SMILES string of the molecule is CCOCCCNCC(C)N1CCC(N2CCCC2)C1. The summed E-state index contributed by atoms with van der Waals surface area (Å²) >= 11 is 0. The van der Waals surface area contributed by atoms with Gasteiger partial charge in [-0.05, 0) is 59.2 Å². The van der Waals surface area contributed by atoms with Gasteiger partial charge in [0, 0.05) is 44.9 Å². The van der Waals surface area contributed by atoms with Gasteiger partial charge in [-0.2, -0.15) is 0 Å². The molecule has 0 aliphatic carbocycles. The van der Waals surface area contributed by atoms with Crippen molar-refractivity contribution in [3.05, 3.63) is 0 Å². The van der Waals surface area contributed by atoms with Crippen molar-refractivity contribution < 1.29 is 4.74 Å². The van der Waals surface area contributed by atoms with E-state index in [2.05, 4.69) is 29.0 Å². The first-order valence-electron chi connectivity index (χ1n) is 8.57. The molecule has 0 bridgehead atoms. The lowest BCUT2D eigenvalue weighted by Gasteiger charge is -2.27. The van der Waals surface area contributed by atoms with E-state index in [0.717, 1.165) is 38.8 Å². The molecule has 0 aromatic heterocycles. The van der Waals surface area contributed by atoms with E-state index in [1.807, 2.05) is 0 Å². The Labute approximate surface area is 124 Å². The lowest BCUT2D eigenvalue weighted by atomic mass is 10.2. The Bertz CT molecular complexity index is 256. The maximum absolute atomic E-state index is 5.36. The molecule has 2 atom stereocenters. The molecule has 0 amide bonds. The van der Waals surface area contributed by atoms with E-state index in [1.54, 1.807) is 0 Å². The first-order valence-corrected chi connectivity index (χ1v) is 8.57. The molecule has 2 rings (SSSR count). The second-order valence-corrected chi connectivity index (χ2v) is 6.28. The van der Waals surface area contributed by atoms with Crippen molar-refractivity contribution in [2.45, 2.75) is 51.6 Å². The number of nitrogens with zero attached hydrogens (tertiary/aromatic N) is 2. The predicted molar refractivity (Wildman–Crippen MR) is 84.2 cm³/mol. The summed E-state index contributed by atoms with van der Waals surface area (Å²) in [5, 5.41) is 3.57. The number of ether oxygens (including phenoxy) is 1. The molecule has 2 saturated heterocycles. The Morgan fingerprint density at radius 2 is 2.05 bits per heavy atom. The molecule has 0 spiro atoms. The fraction of sp³-hybridized carbons (Fsp3) is 1.00. The van der Waals surface area contributed by atoms with Crippen LogP contribution in [-0.4, -0.2) is 74.4 Å². The molecular formula is C16H33N3O. The van der Waals surface area contributed by atoms with Gasteiger partial charge in [-0.3, -0.25) is 9.80 Å². The van der Waals surface area contributed by atoms with Gasteiger partial charge in [0.2, 0.25) is 0 Å². The molecule has 2 aliphatic heterocycles. The third-order valence-electron chi connectivity index (χ3n) is 4.76. The average Bonchev–Trinajstić information content (AvgIpc) is 3.12. The van der Waals surface area contributed by atoms with Crippen LogP contribution < -0.4 is 5.32 Å². The van der Waals surface area contributed by atoms with E-state index in [4.69, 9.17) is 4.74 Å². The number of likely N-dealkylation sites (tertiary alicyclic amines) is 2. The molecule has 1 N–H and O–H groups in total. The molecule has 0 radical (unpaired) electrons. The Hall–Kier alpha value is -0.160. The summed E-state index contributed by atoms with van der Waals surface area (Å²) in [5.74, 6) is 0. The highest BCUT2D eigenvalue weighted by atomic mass is 16.5. The molecule has 4 heteroatoms. The number of hydrogen-bond acceptors (Lipinski definition) is 4. The fourth-order valence-electron chi connectivity index (χ4n) is 3.46. The number of nitrogens with one attached hydrogen (secondary N) is 1. The molecule has 0 saturated carbocycles. The van der Waals surface area contributed by atoms with Gasteiger partial charge in [0.05, 0.1) is 0 Å². The van der Waals surface area contributed by atoms with Crippen LogP contribution in [0.3, 0.4) is 0 Å². The lowest BCUT2D eigenvalue weighted by Crippen LogP contribution is -2.42. The Morgan fingerprint density at radius 1 is 1.25 bits per heavy atom. The minimum Gasteiger partial charge on any atom is -0.382 e. The minimum atomic E-state index is 0.662. The van der Waals surface area contributed by atoms with Crippen LogP contribution in [0.1, 0.15) is 39.5 Å². The molecule has 2 fully saturated rings. The van der Waals surface area contributed by atoms with E-state index in [-0.39, 0.29) is 0 Å².